The first-order valence-corrected chi connectivity index (χ1v) is 6.88. The summed E-state index contributed by atoms with van der Waals surface area (Å²) in [5.41, 5.74) is 0. The maximum atomic E-state index is 12.0. The van der Waals surface area contributed by atoms with Gasteiger partial charge in [0.25, 0.3) is 0 Å². The topological polar surface area (TPSA) is 78.9 Å². The van der Waals surface area contributed by atoms with E-state index in [1.54, 1.807) is 4.90 Å². The Hall–Kier alpha value is -0.980. The van der Waals surface area contributed by atoms with Crippen LogP contribution in [0.2, 0.25) is 0 Å². The molecule has 0 aromatic carbocycles. The summed E-state index contributed by atoms with van der Waals surface area (Å²) in [6.45, 7) is 3.42. The average Bonchev–Trinajstić information content (AvgIpc) is 3.04. The zero-order chi connectivity index (χ0) is 13.8. The van der Waals surface area contributed by atoms with Crippen LogP contribution in [-0.4, -0.2) is 60.3 Å². The first kappa shape index (κ1) is 14.4. The molecule has 0 aromatic rings. The summed E-state index contributed by atoms with van der Waals surface area (Å²) in [6, 6.07) is -0.277. The number of rotatable bonds is 5. The fraction of sp³-hybridized carbons (Fsp3) is 0.846. The Bertz CT molecular complexity index is 342. The van der Waals surface area contributed by atoms with E-state index in [1.165, 1.54) is 6.92 Å². The van der Waals surface area contributed by atoms with E-state index in [-0.39, 0.29) is 30.2 Å². The van der Waals surface area contributed by atoms with E-state index in [2.05, 4.69) is 5.32 Å². The van der Waals surface area contributed by atoms with Gasteiger partial charge in [-0.2, -0.15) is 0 Å². The number of nitrogens with one attached hydrogen (secondary N) is 1. The minimum atomic E-state index is -0.718. The second kappa shape index (κ2) is 6.45. The Kier molecular flexibility index (Phi) is 4.90. The van der Waals surface area contributed by atoms with Crippen molar-refractivity contribution >= 4 is 11.7 Å². The molecule has 0 bridgehead atoms. The molecule has 3 atom stereocenters. The van der Waals surface area contributed by atoms with Crippen molar-refractivity contribution < 1.29 is 19.4 Å². The van der Waals surface area contributed by atoms with Gasteiger partial charge in [0.2, 0.25) is 5.91 Å². The van der Waals surface area contributed by atoms with E-state index in [9.17, 15) is 14.7 Å². The summed E-state index contributed by atoms with van der Waals surface area (Å²) >= 11 is 0. The van der Waals surface area contributed by atoms with Gasteiger partial charge in [0.15, 0.2) is 5.78 Å². The highest BCUT2D eigenvalue weighted by atomic mass is 16.5. The van der Waals surface area contributed by atoms with Gasteiger partial charge in [-0.25, -0.2) is 0 Å². The summed E-state index contributed by atoms with van der Waals surface area (Å²) in [4.78, 5) is 25.1. The Labute approximate surface area is 113 Å². The van der Waals surface area contributed by atoms with Crippen LogP contribution in [0.1, 0.15) is 26.2 Å². The van der Waals surface area contributed by atoms with Crippen LogP contribution in [-0.2, 0) is 14.3 Å². The Morgan fingerprint density at radius 1 is 1.47 bits per heavy atom. The molecule has 6 heteroatoms. The fourth-order valence-electron chi connectivity index (χ4n) is 2.75. The normalized spacial score (nSPS) is 28.6. The molecule has 19 heavy (non-hydrogen) atoms. The van der Waals surface area contributed by atoms with E-state index in [1.807, 2.05) is 0 Å². The lowest BCUT2D eigenvalue weighted by molar-refractivity contribution is -0.136. The maximum absolute atomic E-state index is 12.0. The van der Waals surface area contributed by atoms with Crippen molar-refractivity contribution in [2.45, 2.75) is 38.5 Å². The zero-order valence-electron chi connectivity index (χ0n) is 11.3. The molecule has 108 valence electrons. The highest BCUT2D eigenvalue weighted by Crippen LogP contribution is 2.18. The molecule has 0 saturated carbocycles. The van der Waals surface area contributed by atoms with Crippen molar-refractivity contribution in [3.63, 3.8) is 0 Å². The molecule has 0 aromatic heterocycles. The van der Waals surface area contributed by atoms with Crippen molar-refractivity contribution in [3.05, 3.63) is 0 Å². The summed E-state index contributed by atoms with van der Waals surface area (Å²) in [5.74, 6) is -0.0266. The second-order valence-corrected chi connectivity index (χ2v) is 5.31. The van der Waals surface area contributed by atoms with Crippen LogP contribution in [0.4, 0.5) is 0 Å². The lowest BCUT2D eigenvalue weighted by Crippen LogP contribution is -2.47. The van der Waals surface area contributed by atoms with E-state index in [4.69, 9.17) is 4.74 Å². The molecule has 1 amide bonds. The van der Waals surface area contributed by atoms with E-state index >= 15 is 0 Å². The number of carbonyl (C=O) groups excluding carboxylic acids is 2. The van der Waals surface area contributed by atoms with Gasteiger partial charge in [0, 0.05) is 19.1 Å². The molecule has 2 aliphatic heterocycles. The maximum Gasteiger partial charge on any atom is 0.237 e. The molecule has 2 fully saturated rings. The number of ketones is 1. The highest BCUT2D eigenvalue weighted by molar-refractivity contribution is 5.88. The van der Waals surface area contributed by atoms with Gasteiger partial charge in [-0.05, 0) is 26.2 Å². The van der Waals surface area contributed by atoms with Crippen molar-refractivity contribution in [2.75, 3.05) is 26.3 Å². The van der Waals surface area contributed by atoms with Gasteiger partial charge >= 0.3 is 0 Å². The molecule has 2 heterocycles. The number of hydrogen-bond donors (Lipinski definition) is 2. The van der Waals surface area contributed by atoms with E-state index < -0.39 is 6.23 Å². The second-order valence-electron chi connectivity index (χ2n) is 5.31. The number of likely N-dealkylation sites (tertiary alicyclic amines) is 1. The van der Waals surface area contributed by atoms with Crippen molar-refractivity contribution in [1.29, 1.82) is 0 Å². The lowest BCUT2D eigenvalue weighted by atomic mass is 10.1. The lowest BCUT2D eigenvalue weighted by Gasteiger charge is -2.24. The van der Waals surface area contributed by atoms with Gasteiger partial charge in [0.05, 0.1) is 19.2 Å². The smallest absolute Gasteiger partial charge is 0.237 e. The summed E-state index contributed by atoms with van der Waals surface area (Å²) in [5, 5.41) is 12.7. The molecular weight excluding hydrogens is 248 g/mol. The zero-order valence-corrected chi connectivity index (χ0v) is 11.3. The van der Waals surface area contributed by atoms with E-state index in [0.29, 0.717) is 19.8 Å². The number of ether oxygens (including phenoxy) is 1. The van der Waals surface area contributed by atoms with Gasteiger partial charge < -0.3 is 14.7 Å². The molecule has 2 rings (SSSR count). The van der Waals surface area contributed by atoms with Crippen LogP contribution in [0.3, 0.4) is 0 Å². The van der Waals surface area contributed by atoms with Gasteiger partial charge in [-0.15, -0.1) is 0 Å². The first-order chi connectivity index (χ1) is 9.09. The number of carbonyl (C=O) groups is 2. The van der Waals surface area contributed by atoms with Crippen LogP contribution in [0.25, 0.3) is 0 Å². The quantitative estimate of drug-likeness (QED) is 0.659. The first-order valence-electron chi connectivity index (χ1n) is 6.88. The fourth-order valence-corrected chi connectivity index (χ4v) is 2.75. The third kappa shape index (κ3) is 3.52. The summed E-state index contributed by atoms with van der Waals surface area (Å²) in [7, 11) is 0. The van der Waals surface area contributed by atoms with Crippen LogP contribution < -0.4 is 5.32 Å². The number of hydrogen-bond acceptors (Lipinski definition) is 5. The molecule has 6 nitrogen and oxygen atoms in total. The standard InChI is InChI=1S/C13H22N2O4/c1-9(16)11-3-2-5-15(11)12(17)7-14-13(18)10-4-6-19-8-10/h10-11,13-14,18H,2-8H2,1H3/t10?,11-,13-/m0/s1. The minimum Gasteiger partial charge on any atom is -0.381 e. The number of nitrogens with zero attached hydrogens (tertiary/aromatic N) is 1. The highest BCUT2D eigenvalue weighted by Gasteiger charge is 2.32. The molecule has 0 spiro atoms. The predicted octanol–water partition coefficient (Wildman–Crippen LogP) is -0.489. The predicted molar refractivity (Wildman–Crippen MR) is 68.4 cm³/mol. The molecule has 0 radical (unpaired) electrons. The SMILES string of the molecule is CC(=O)[C@@H]1CCCN1C(=O)CN[C@@H](O)C1CCOC1. The summed E-state index contributed by atoms with van der Waals surface area (Å²) < 4.78 is 5.19. The number of aliphatic hydroxyl groups excluding tert-OH is 1. The van der Waals surface area contributed by atoms with Crippen molar-refractivity contribution in [3.8, 4) is 0 Å². The largest absolute Gasteiger partial charge is 0.381 e. The van der Waals surface area contributed by atoms with Crippen LogP contribution >= 0.6 is 0 Å². The molecule has 2 N–H and O–H groups in total. The summed E-state index contributed by atoms with van der Waals surface area (Å²) in [6.07, 6.45) is 1.71. The van der Waals surface area contributed by atoms with Crippen LogP contribution in [0.15, 0.2) is 0 Å². The van der Waals surface area contributed by atoms with Crippen LogP contribution in [0.5, 0.6) is 0 Å². The number of Topliss-reactive ketones (excluding diaryl/α,β-unsaturated/α-hetero) is 1. The Balaban J connectivity index is 1.78. The minimum absolute atomic E-state index is 0.0376. The third-order valence-corrected chi connectivity index (χ3v) is 3.92. The third-order valence-electron chi connectivity index (χ3n) is 3.92. The Morgan fingerprint density at radius 3 is 2.89 bits per heavy atom. The molecule has 2 saturated heterocycles. The van der Waals surface area contributed by atoms with Gasteiger partial charge in [-0.3, -0.25) is 14.9 Å². The number of amides is 1. The molecule has 1 unspecified atom stereocenters. The van der Waals surface area contributed by atoms with Gasteiger partial charge in [-0.1, -0.05) is 0 Å². The van der Waals surface area contributed by atoms with Crippen LogP contribution in [0, 0.1) is 5.92 Å². The van der Waals surface area contributed by atoms with Crippen molar-refractivity contribution in [1.82, 2.24) is 10.2 Å². The van der Waals surface area contributed by atoms with Crippen molar-refractivity contribution in [2.24, 2.45) is 5.92 Å². The molecule has 0 aliphatic carbocycles. The molecule has 2 aliphatic rings. The molecular formula is C13H22N2O4. The Morgan fingerprint density at radius 2 is 2.26 bits per heavy atom. The monoisotopic (exact) mass is 270 g/mol. The van der Waals surface area contributed by atoms with E-state index in [0.717, 1.165) is 19.3 Å². The average molecular weight is 270 g/mol. The van der Waals surface area contributed by atoms with Gasteiger partial charge in [0.1, 0.15) is 6.23 Å². The number of aliphatic hydroxyl groups is 1.